The molecule has 0 saturated carbocycles. The lowest BCUT2D eigenvalue weighted by Crippen LogP contribution is -2.02. The Morgan fingerprint density at radius 2 is 2.14 bits per heavy atom. The van der Waals surface area contributed by atoms with Gasteiger partial charge in [0.15, 0.2) is 0 Å². The fourth-order valence-electron chi connectivity index (χ4n) is 1.17. The summed E-state index contributed by atoms with van der Waals surface area (Å²) in [4.78, 5) is 0. The normalized spacial score (nSPS) is 10.4. The van der Waals surface area contributed by atoms with Gasteiger partial charge >= 0.3 is 0 Å². The molecule has 1 heterocycles. The van der Waals surface area contributed by atoms with Crippen molar-refractivity contribution in [3.05, 3.63) is 42.0 Å². The van der Waals surface area contributed by atoms with E-state index in [1.165, 1.54) is 10.7 Å². The monoisotopic (exact) mass is 255 g/mol. The Balaban J connectivity index is 2.54. The van der Waals surface area contributed by atoms with Crippen molar-refractivity contribution >= 4 is 15.9 Å². The largest absolute Gasteiger partial charge is 0.214 e. The fraction of sp³-hybridized carbons (Fsp3) is 0.111. The van der Waals surface area contributed by atoms with Gasteiger partial charge < -0.3 is 0 Å². The zero-order valence-electron chi connectivity index (χ0n) is 7.19. The van der Waals surface area contributed by atoms with E-state index in [0.717, 1.165) is 5.69 Å². The SMILES string of the molecule is Fc1ccccc1-n1nncc1CBr. The highest BCUT2D eigenvalue weighted by atomic mass is 79.9. The van der Waals surface area contributed by atoms with Crippen molar-refractivity contribution in [1.82, 2.24) is 15.0 Å². The number of hydrogen-bond acceptors (Lipinski definition) is 2. The first-order valence-electron chi connectivity index (χ1n) is 4.03. The Kier molecular flexibility index (Phi) is 2.58. The lowest BCUT2D eigenvalue weighted by Gasteiger charge is -2.04. The van der Waals surface area contributed by atoms with E-state index < -0.39 is 0 Å². The first-order chi connectivity index (χ1) is 6.83. The van der Waals surface area contributed by atoms with E-state index in [1.807, 2.05) is 0 Å². The maximum atomic E-state index is 13.4. The van der Waals surface area contributed by atoms with Crippen LogP contribution in [0, 0.1) is 5.82 Å². The summed E-state index contributed by atoms with van der Waals surface area (Å²) in [7, 11) is 0. The van der Waals surface area contributed by atoms with Gasteiger partial charge in [-0.25, -0.2) is 9.07 Å². The molecular formula is C9H7BrFN3. The Morgan fingerprint density at radius 3 is 2.86 bits per heavy atom. The van der Waals surface area contributed by atoms with Gasteiger partial charge in [-0.3, -0.25) is 0 Å². The first kappa shape index (κ1) is 9.33. The topological polar surface area (TPSA) is 30.7 Å². The zero-order valence-corrected chi connectivity index (χ0v) is 8.78. The predicted molar refractivity (Wildman–Crippen MR) is 53.9 cm³/mol. The molecule has 5 heteroatoms. The summed E-state index contributed by atoms with van der Waals surface area (Å²) in [6.45, 7) is 0. The van der Waals surface area contributed by atoms with Crippen LogP contribution >= 0.6 is 15.9 Å². The molecule has 2 aromatic rings. The van der Waals surface area contributed by atoms with E-state index in [9.17, 15) is 4.39 Å². The van der Waals surface area contributed by atoms with Crippen molar-refractivity contribution in [3.63, 3.8) is 0 Å². The van der Waals surface area contributed by atoms with Gasteiger partial charge in [0.25, 0.3) is 0 Å². The minimum absolute atomic E-state index is 0.305. The third-order valence-corrected chi connectivity index (χ3v) is 2.41. The van der Waals surface area contributed by atoms with E-state index >= 15 is 0 Å². The van der Waals surface area contributed by atoms with E-state index in [4.69, 9.17) is 0 Å². The van der Waals surface area contributed by atoms with Crippen molar-refractivity contribution in [2.75, 3.05) is 0 Å². The lowest BCUT2D eigenvalue weighted by molar-refractivity contribution is 0.604. The molecule has 0 bridgehead atoms. The van der Waals surface area contributed by atoms with Crippen LogP contribution in [0.5, 0.6) is 0 Å². The number of hydrogen-bond donors (Lipinski definition) is 0. The van der Waals surface area contributed by atoms with Gasteiger partial charge in [-0.05, 0) is 12.1 Å². The molecule has 3 nitrogen and oxygen atoms in total. The summed E-state index contributed by atoms with van der Waals surface area (Å²) in [5.74, 6) is -0.305. The van der Waals surface area contributed by atoms with Crippen molar-refractivity contribution in [2.24, 2.45) is 0 Å². The highest BCUT2D eigenvalue weighted by Gasteiger charge is 2.08. The predicted octanol–water partition coefficient (Wildman–Crippen LogP) is 2.30. The highest BCUT2D eigenvalue weighted by Crippen LogP contribution is 2.14. The summed E-state index contributed by atoms with van der Waals surface area (Å²) >= 11 is 3.29. The number of alkyl halides is 1. The minimum Gasteiger partial charge on any atom is -0.214 e. The minimum atomic E-state index is -0.305. The number of para-hydroxylation sites is 1. The second kappa shape index (κ2) is 3.88. The molecule has 0 radical (unpaired) electrons. The maximum Gasteiger partial charge on any atom is 0.148 e. The molecule has 0 aliphatic rings. The molecule has 0 fully saturated rings. The van der Waals surface area contributed by atoms with Crippen molar-refractivity contribution in [2.45, 2.75) is 5.33 Å². The van der Waals surface area contributed by atoms with Crippen molar-refractivity contribution in [1.29, 1.82) is 0 Å². The molecule has 0 aliphatic carbocycles. The number of nitrogens with zero attached hydrogens (tertiary/aromatic N) is 3. The number of benzene rings is 1. The van der Waals surface area contributed by atoms with Gasteiger partial charge in [-0.1, -0.05) is 33.3 Å². The van der Waals surface area contributed by atoms with Gasteiger partial charge in [0, 0.05) is 5.33 Å². The summed E-state index contributed by atoms with van der Waals surface area (Å²) in [5, 5.41) is 8.13. The van der Waals surface area contributed by atoms with Gasteiger partial charge in [-0.2, -0.15) is 0 Å². The van der Waals surface area contributed by atoms with E-state index in [2.05, 4.69) is 26.2 Å². The standard InChI is InChI=1S/C9H7BrFN3/c10-5-7-6-12-13-14(7)9-4-2-1-3-8(9)11/h1-4,6H,5H2. The van der Waals surface area contributed by atoms with Gasteiger partial charge in [0.05, 0.1) is 11.9 Å². The summed E-state index contributed by atoms with van der Waals surface area (Å²) in [6.07, 6.45) is 1.60. The van der Waals surface area contributed by atoms with Crippen LogP contribution in [0.4, 0.5) is 4.39 Å². The molecule has 0 spiro atoms. The molecule has 0 amide bonds. The van der Waals surface area contributed by atoms with Gasteiger partial charge in [0.2, 0.25) is 0 Å². The molecule has 0 unspecified atom stereocenters. The quantitative estimate of drug-likeness (QED) is 0.772. The molecule has 14 heavy (non-hydrogen) atoms. The number of halogens is 2. The van der Waals surface area contributed by atoms with Crippen molar-refractivity contribution in [3.8, 4) is 5.69 Å². The van der Waals surface area contributed by atoms with E-state index in [-0.39, 0.29) is 5.82 Å². The molecule has 0 atom stereocenters. The fourth-order valence-corrected chi connectivity index (χ4v) is 1.56. The van der Waals surface area contributed by atoms with Crippen LogP contribution in [0.15, 0.2) is 30.5 Å². The number of rotatable bonds is 2. The van der Waals surface area contributed by atoms with Gasteiger partial charge in [-0.15, -0.1) is 5.10 Å². The Morgan fingerprint density at radius 1 is 1.36 bits per heavy atom. The van der Waals surface area contributed by atoms with E-state index in [1.54, 1.807) is 24.4 Å². The molecule has 0 aliphatic heterocycles. The Labute approximate surface area is 88.7 Å². The van der Waals surface area contributed by atoms with Crippen LogP contribution in [0.2, 0.25) is 0 Å². The Bertz CT molecular complexity index is 441. The van der Waals surface area contributed by atoms with Crippen LogP contribution in [-0.2, 0) is 5.33 Å². The number of aromatic nitrogens is 3. The van der Waals surface area contributed by atoms with Crippen LogP contribution < -0.4 is 0 Å². The lowest BCUT2D eigenvalue weighted by atomic mass is 10.3. The van der Waals surface area contributed by atoms with Crippen LogP contribution in [0.1, 0.15) is 5.69 Å². The van der Waals surface area contributed by atoms with E-state index in [0.29, 0.717) is 11.0 Å². The van der Waals surface area contributed by atoms with Crippen LogP contribution in [-0.4, -0.2) is 15.0 Å². The molecule has 0 saturated heterocycles. The smallest absolute Gasteiger partial charge is 0.148 e. The molecule has 0 N–H and O–H groups in total. The average Bonchev–Trinajstić information content (AvgIpc) is 2.66. The molecule has 72 valence electrons. The summed E-state index contributed by atoms with van der Waals surface area (Å²) in [6, 6.07) is 6.47. The highest BCUT2D eigenvalue weighted by molar-refractivity contribution is 9.08. The summed E-state index contributed by atoms with van der Waals surface area (Å²) in [5.41, 5.74) is 1.23. The maximum absolute atomic E-state index is 13.4. The van der Waals surface area contributed by atoms with Gasteiger partial charge in [0.1, 0.15) is 11.5 Å². The van der Waals surface area contributed by atoms with Crippen molar-refractivity contribution < 1.29 is 4.39 Å². The molecule has 1 aromatic heterocycles. The zero-order chi connectivity index (χ0) is 9.97. The second-order valence-corrected chi connectivity index (χ2v) is 3.28. The van der Waals surface area contributed by atoms with Crippen LogP contribution in [0.25, 0.3) is 5.69 Å². The third kappa shape index (κ3) is 1.55. The Hall–Kier alpha value is -1.23. The third-order valence-electron chi connectivity index (χ3n) is 1.84. The first-order valence-corrected chi connectivity index (χ1v) is 5.15. The molecular weight excluding hydrogens is 249 g/mol. The second-order valence-electron chi connectivity index (χ2n) is 2.72. The average molecular weight is 256 g/mol. The molecule has 2 rings (SSSR count). The summed E-state index contributed by atoms with van der Waals surface area (Å²) < 4.78 is 14.8. The van der Waals surface area contributed by atoms with Crippen LogP contribution in [0.3, 0.4) is 0 Å². The molecule has 1 aromatic carbocycles.